The largest absolute Gasteiger partial charge is 0.494 e. The Morgan fingerprint density at radius 3 is 2.64 bits per heavy atom. The first-order valence-corrected chi connectivity index (χ1v) is 8.17. The minimum Gasteiger partial charge on any atom is -0.494 e. The molecule has 0 fully saturated rings. The van der Waals surface area contributed by atoms with E-state index in [0.717, 1.165) is 22.6 Å². The van der Waals surface area contributed by atoms with E-state index in [1.165, 1.54) is 0 Å². The molecule has 0 aliphatic carbocycles. The molecule has 1 aliphatic rings. The molecule has 1 atom stereocenters. The predicted octanol–water partition coefficient (Wildman–Crippen LogP) is 3.37. The molecule has 2 N–H and O–H groups in total. The fourth-order valence-electron chi connectivity index (χ4n) is 3.05. The van der Waals surface area contributed by atoms with Crippen molar-refractivity contribution in [3.8, 4) is 17.6 Å². The average Bonchev–Trinajstić information content (AvgIpc) is 2.61. The summed E-state index contributed by atoms with van der Waals surface area (Å²) in [5.74, 6) is 1.24. The molecule has 2 aromatic rings. The molecule has 1 aliphatic heterocycles. The summed E-state index contributed by atoms with van der Waals surface area (Å²) >= 11 is 0. The lowest BCUT2D eigenvalue weighted by molar-refractivity contribution is 0.334. The fourth-order valence-corrected chi connectivity index (χ4v) is 3.05. The summed E-state index contributed by atoms with van der Waals surface area (Å²) in [5.41, 5.74) is 9.28. The Hall–Kier alpha value is -3.13. The molecular formula is C20H21N3O2. The molecule has 0 aromatic heterocycles. The number of benzene rings is 2. The van der Waals surface area contributed by atoms with Crippen molar-refractivity contribution in [2.75, 3.05) is 25.6 Å². The van der Waals surface area contributed by atoms with Crippen molar-refractivity contribution in [3.63, 3.8) is 0 Å². The van der Waals surface area contributed by atoms with Crippen LogP contribution in [0.3, 0.4) is 0 Å². The number of anilines is 1. The zero-order valence-electron chi connectivity index (χ0n) is 14.6. The van der Waals surface area contributed by atoms with Crippen LogP contribution in [0.4, 0.5) is 5.69 Å². The maximum absolute atomic E-state index is 9.67. The number of allylic oxidation sites excluding steroid dienone is 1. The number of nitriles is 1. The van der Waals surface area contributed by atoms with Gasteiger partial charge in [-0.1, -0.05) is 24.3 Å². The number of nitrogens with zero attached hydrogens (tertiary/aromatic N) is 2. The smallest absolute Gasteiger partial charge is 0.205 e. The SMILES string of the molecule is CCOc1ccccc1[C@@H]1C(C#N)=C(N)Oc2cc(N(C)C)ccc21. The van der Waals surface area contributed by atoms with Crippen molar-refractivity contribution in [1.29, 1.82) is 5.26 Å². The van der Waals surface area contributed by atoms with Gasteiger partial charge in [0, 0.05) is 37.0 Å². The number of hydrogen-bond donors (Lipinski definition) is 1. The molecule has 3 rings (SSSR count). The topological polar surface area (TPSA) is 71.5 Å². The van der Waals surface area contributed by atoms with Gasteiger partial charge in [0.15, 0.2) is 0 Å². The third-order valence-corrected chi connectivity index (χ3v) is 4.25. The van der Waals surface area contributed by atoms with E-state index in [0.29, 0.717) is 17.9 Å². The van der Waals surface area contributed by atoms with Gasteiger partial charge in [-0.25, -0.2) is 0 Å². The van der Waals surface area contributed by atoms with E-state index in [2.05, 4.69) is 6.07 Å². The molecule has 0 saturated heterocycles. The van der Waals surface area contributed by atoms with Crippen LogP contribution in [0.1, 0.15) is 24.0 Å². The standard InChI is InChI=1S/C20H21N3O2/c1-4-24-17-8-6-5-7-14(17)19-15-10-9-13(23(2)3)11-18(15)25-20(22)16(19)12-21/h5-11,19H,4,22H2,1-3H3/t19-/m0/s1. The Balaban J connectivity index is 2.20. The lowest BCUT2D eigenvalue weighted by Crippen LogP contribution is -2.22. The normalized spacial score (nSPS) is 15.8. The van der Waals surface area contributed by atoms with Gasteiger partial charge in [-0.15, -0.1) is 0 Å². The molecule has 25 heavy (non-hydrogen) atoms. The molecule has 0 bridgehead atoms. The Labute approximate surface area is 147 Å². The van der Waals surface area contributed by atoms with Gasteiger partial charge in [-0.3, -0.25) is 0 Å². The van der Waals surface area contributed by atoms with Crippen LogP contribution in [0.25, 0.3) is 0 Å². The number of hydrogen-bond acceptors (Lipinski definition) is 5. The molecule has 5 nitrogen and oxygen atoms in total. The molecule has 0 saturated carbocycles. The summed E-state index contributed by atoms with van der Waals surface area (Å²) in [6.07, 6.45) is 0. The van der Waals surface area contributed by atoms with Crippen molar-refractivity contribution < 1.29 is 9.47 Å². The van der Waals surface area contributed by atoms with Gasteiger partial charge < -0.3 is 20.1 Å². The second kappa shape index (κ2) is 6.78. The monoisotopic (exact) mass is 335 g/mol. The number of fused-ring (bicyclic) bond motifs is 1. The van der Waals surface area contributed by atoms with E-state index in [4.69, 9.17) is 15.2 Å². The van der Waals surface area contributed by atoms with Gasteiger partial charge in [0.1, 0.15) is 23.1 Å². The number of ether oxygens (including phenoxy) is 2. The van der Waals surface area contributed by atoms with E-state index < -0.39 is 0 Å². The summed E-state index contributed by atoms with van der Waals surface area (Å²) in [5, 5.41) is 9.67. The molecule has 0 spiro atoms. The first kappa shape index (κ1) is 16.7. The molecular weight excluding hydrogens is 314 g/mol. The molecule has 0 radical (unpaired) electrons. The lowest BCUT2D eigenvalue weighted by Gasteiger charge is -2.28. The minimum absolute atomic E-state index is 0.141. The zero-order chi connectivity index (χ0) is 18.0. The van der Waals surface area contributed by atoms with Crippen LogP contribution in [0.15, 0.2) is 53.9 Å². The van der Waals surface area contributed by atoms with Crippen LogP contribution in [-0.2, 0) is 0 Å². The predicted molar refractivity (Wildman–Crippen MR) is 97.7 cm³/mol. The van der Waals surface area contributed by atoms with Gasteiger partial charge in [0.2, 0.25) is 5.88 Å². The molecule has 128 valence electrons. The average molecular weight is 335 g/mol. The number of rotatable bonds is 4. The third kappa shape index (κ3) is 2.99. The molecule has 1 heterocycles. The van der Waals surface area contributed by atoms with Crippen molar-refractivity contribution in [1.82, 2.24) is 0 Å². The lowest BCUT2D eigenvalue weighted by atomic mass is 9.83. The van der Waals surface area contributed by atoms with E-state index >= 15 is 0 Å². The summed E-state index contributed by atoms with van der Waals surface area (Å²) in [7, 11) is 3.93. The highest BCUT2D eigenvalue weighted by Gasteiger charge is 2.32. The van der Waals surface area contributed by atoms with Gasteiger partial charge in [0.25, 0.3) is 0 Å². The fraction of sp³-hybridized carbons (Fsp3) is 0.250. The van der Waals surface area contributed by atoms with E-state index in [1.54, 1.807) is 0 Å². The van der Waals surface area contributed by atoms with Gasteiger partial charge in [-0.05, 0) is 19.1 Å². The Morgan fingerprint density at radius 1 is 1.20 bits per heavy atom. The van der Waals surface area contributed by atoms with Gasteiger partial charge in [0.05, 0.1) is 12.5 Å². The summed E-state index contributed by atoms with van der Waals surface area (Å²) in [4.78, 5) is 1.99. The van der Waals surface area contributed by atoms with Crippen molar-refractivity contribution in [3.05, 3.63) is 65.0 Å². The van der Waals surface area contributed by atoms with Crippen molar-refractivity contribution >= 4 is 5.69 Å². The minimum atomic E-state index is -0.312. The highest BCUT2D eigenvalue weighted by atomic mass is 16.5. The highest BCUT2D eigenvalue weighted by molar-refractivity contribution is 5.62. The second-order valence-electron chi connectivity index (χ2n) is 6.01. The van der Waals surface area contributed by atoms with Crippen LogP contribution < -0.4 is 20.1 Å². The molecule has 2 aromatic carbocycles. The maximum atomic E-state index is 9.67. The van der Waals surface area contributed by atoms with Crippen LogP contribution in [0.5, 0.6) is 11.5 Å². The van der Waals surface area contributed by atoms with Crippen LogP contribution in [0.2, 0.25) is 0 Å². The highest BCUT2D eigenvalue weighted by Crippen LogP contribution is 2.45. The molecule has 0 unspecified atom stereocenters. The van der Waals surface area contributed by atoms with Crippen LogP contribution >= 0.6 is 0 Å². The maximum Gasteiger partial charge on any atom is 0.205 e. The second-order valence-corrected chi connectivity index (χ2v) is 6.01. The van der Waals surface area contributed by atoms with E-state index in [-0.39, 0.29) is 11.8 Å². The van der Waals surface area contributed by atoms with Crippen molar-refractivity contribution in [2.24, 2.45) is 5.73 Å². The Kier molecular flexibility index (Phi) is 4.53. The summed E-state index contributed by atoms with van der Waals surface area (Å²) in [6, 6.07) is 15.9. The Morgan fingerprint density at radius 2 is 1.96 bits per heavy atom. The van der Waals surface area contributed by atoms with Crippen molar-refractivity contribution in [2.45, 2.75) is 12.8 Å². The summed E-state index contributed by atoms with van der Waals surface area (Å²) in [6.45, 7) is 2.49. The van der Waals surface area contributed by atoms with Gasteiger partial charge >= 0.3 is 0 Å². The zero-order valence-corrected chi connectivity index (χ0v) is 14.6. The summed E-state index contributed by atoms with van der Waals surface area (Å²) < 4.78 is 11.5. The number of para-hydroxylation sites is 1. The molecule has 5 heteroatoms. The third-order valence-electron chi connectivity index (χ3n) is 4.25. The van der Waals surface area contributed by atoms with Crippen LogP contribution in [-0.4, -0.2) is 20.7 Å². The quantitative estimate of drug-likeness (QED) is 0.927. The van der Waals surface area contributed by atoms with Crippen LogP contribution in [0, 0.1) is 11.3 Å². The first-order chi connectivity index (χ1) is 12.1. The number of nitrogens with two attached hydrogens (primary N) is 1. The van der Waals surface area contributed by atoms with Gasteiger partial charge in [-0.2, -0.15) is 5.26 Å². The van der Waals surface area contributed by atoms with E-state index in [9.17, 15) is 5.26 Å². The van der Waals surface area contributed by atoms with E-state index in [1.807, 2.05) is 68.4 Å². The Bertz CT molecular complexity index is 865. The molecule has 0 amide bonds. The first-order valence-electron chi connectivity index (χ1n) is 8.17.